The number of ether oxygens (including phenoxy) is 2. The molecule has 1 amide bonds. The number of fused-ring (bicyclic) bond motifs is 1. The lowest BCUT2D eigenvalue weighted by Crippen LogP contribution is -2.08. The molecule has 2 aromatic rings. The summed E-state index contributed by atoms with van der Waals surface area (Å²) in [5, 5.41) is 3.01. The Labute approximate surface area is 149 Å². The summed E-state index contributed by atoms with van der Waals surface area (Å²) in [6.45, 7) is 0.111. The maximum Gasteiger partial charge on any atom is 0.248 e. The third-order valence-corrected chi connectivity index (χ3v) is 4.80. The van der Waals surface area contributed by atoms with Crippen LogP contribution in [0.15, 0.2) is 47.4 Å². The van der Waals surface area contributed by atoms with Crippen molar-refractivity contribution in [3.8, 4) is 11.5 Å². The van der Waals surface area contributed by atoms with E-state index in [1.165, 1.54) is 18.2 Å². The van der Waals surface area contributed by atoms with Gasteiger partial charge in [0.2, 0.25) is 12.7 Å². The van der Waals surface area contributed by atoms with Crippen molar-refractivity contribution in [3.05, 3.63) is 53.1 Å². The summed E-state index contributed by atoms with van der Waals surface area (Å²) in [4.78, 5) is 12.2. The first-order chi connectivity index (χ1) is 11.8. The number of anilines is 1. The zero-order valence-corrected chi connectivity index (χ0v) is 14.7. The topological polar surface area (TPSA) is 81.7 Å². The van der Waals surface area contributed by atoms with E-state index in [1.807, 2.05) is 0 Å². The van der Waals surface area contributed by atoms with E-state index >= 15 is 0 Å². The molecule has 130 valence electrons. The van der Waals surface area contributed by atoms with Crippen molar-refractivity contribution in [1.29, 1.82) is 0 Å². The molecule has 8 heteroatoms. The van der Waals surface area contributed by atoms with Gasteiger partial charge in [-0.3, -0.25) is 4.79 Å². The number of hydrogen-bond donors (Lipinski definition) is 1. The van der Waals surface area contributed by atoms with Crippen LogP contribution in [-0.2, 0) is 14.6 Å². The van der Waals surface area contributed by atoms with E-state index in [2.05, 4.69) is 5.32 Å². The van der Waals surface area contributed by atoms with Crippen molar-refractivity contribution in [1.82, 2.24) is 0 Å². The van der Waals surface area contributed by atoms with E-state index in [4.69, 9.17) is 21.1 Å². The molecule has 0 saturated carbocycles. The van der Waals surface area contributed by atoms with Crippen molar-refractivity contribution in [2.75, 3.05) is 18.4 Å². The van der Waals surface area contributed by atoms with Gasteiger partial charge in [0.1, 0.15) is 0 Å². The molecular weight excluding hydrogens is 366 g/mol. The number of sulfone groups is 1. The first kappa shape index (κ1) is 17.3. The summed E-state index contributed by atoms with van der Waals surface area (Å²) in [6.07, 6.45) is 4.00. The lowest BCUT2D eigenvalue weighted by atomic mass is 10.2. The van der Waals surface area contributed by atoms with Crippen LogP contribution in [0, 0.1) is 0 Å². The van der Waals surface area contributed by atoms with E-state index in [-0.39, 0.29) is 11.7 Å². The fraction of sp³-hybridized carbons (Fsp3) is 0.118. The first-order valence-corrected chi connectivity index (χ1v) is 9.48. The van der Waals surface area contributed by atoms with Crippen molar-refractivity contribution in [2.24, 2.45) is 0 Å². The third kappa shape index (κ3) is 4.12. The second-order valence-corrected chi connectivity index (χ2v) is 7.78. The Morgan fingerprint density at radius 1 is 1.24 bits per heavy atom. The number of carbonyl (C=O) groups is 1. The maximum absolute atomic E-state index is 12.0. The van der Waals surface area contributed by atoms with E-state index in [0.717, 1.165) is 6.26 Å². The highest BCUT2D eigenvalue weighted by Gasteiger charge is 2.17. The van der Waals surface area contributed by atoms with Crippen molar-refractivity contribution >= 4 is 39.1 Å². The molecule has 1 heterocycles. The highest BCUT2D eigenvalue weighted by Crippen LogP contribution is 2.40. The molecule has 0 radical (unpaired) electrons. The minimum Gasteiger partial charge on any atom is -0.454 e. The normalized spacial score (nSPS) is 13.2. The van der Waals surface area contributed by atoms with Crippen molar-refractivity contribution < 1.29 is 22.7 Å². The Hall–Kier alpha value is -2.51. The molecule has 2 aromatic carbocycles. The summed E-state index contributed by atoms with van der Waals surface area (Å²) in [5.74, 6) is 0.605. The molecule has 0 fully saturated rings. The minimum atomic E-state index is -3.34. The summed E-state index contributed by atoms with van der Waals surface area (Å²) < 4.78 is 33.6. The molecule has 1 N–H and O–H groups in total. The van der Waals surface area contributed by atoms with Crippen molar-refractivity contribution in [3.63, 3.8) is 0 Å². The predicted molar refractivity (Wildman–Crippen MR) is 94.8 cm³/mol. The Morgan fingerprint density at radius 2 is 2.04 bits per heavy atom. The molecule has 0 saturated heterocycles. The molecule has 0 spiro atoms. The van der Waals surface area contributed by atoms with Crippen molar-refractivity contribution in [2.45, 2.75) is 4.90 Å². The fourth-order valence-corrected chi connectivity index (χ4v) is 3.18. The zero-order chi connectivity index (χ0) is 18.0. The molecular formula is C17H14ClNO5S. The van der Waals surface area contributed by atoms with Crippen LogP contribution in [0.1, 0.15) is 5.56 Å². The molecule has 1 aliphatic heterocycles. The lowest BCUT2D eigenvalue weighted by molar-refractivity contribution is -0.111. The Balaban J connectivity index is 1.73. The summed E-state index contributed by atoms with van der Waals surface area (Å²) in [7, 11) is -3.34. The van der Waals surface area contributed by atoms with Gasteiger partial charge in [-0.15, -0.1) is 0 Å². The van der Waals surface area contributed by atoms with Gasteiger partial charge in [0, 0.05) is 18.0 Å². The largest absolute Gasteiger partial charge is 0.454 e. The van der Waals surface area contributed by atoms with Crippen LogP contribution in [-0.4, -0.2) is 27.4 Å². The number of benzene rings is 2. The van der Waals surface area contributed by atoms with Crippen LogP contribution in [0.4, 0.5) is 5.69 Å². The van der Waals surface area contributed by atoms with E-state index in [1.54, 1.807) is 30.3 Å². The second-order valence-electron chi connectivity index (χ2n) is 5.36. The number of carbonyl (C=O) groups excluding carboxylic acids is 1. The van der Waals surface area contributed by atoms with Gasteiger partial charge in [0.15, 0.2) is 21.3 Å². The molecule has 0 atom stereocenters. The first-order valence-electron chi connectivity index (χ1n) is 7.21. The molecule has 25 heavy (non-hydrogen) atoms. The molecule has 0 aromatic heterocycles. The second kappa shape index (κ2) is 6.78. The smallest absolute Gasteiger partial charge is 0.248 e. The van der Waals surface area contributed by atoms with E-state index in [9.17, 15) is 13.2 Å². The monoisotopic (exact) mass is 379 g/mol. The standard InChI is InChI=1S/C17H14ClNO5S/c1-25(21,22)13-4-2-3-12(9-13)19-16(20)6-5-11-7-14(18)17-15(8-11)23-10-24-17/h2-9H,10H2,1H3,(H,19,20)/b6-5+. The number of amides is 1. The van der Waals surface area contributed by atoms with Gasteiger partial charge in [-0.2, -0.15) is 0 Å². The quantitative estimate of drug-likeness (QED) is 0.825. The van der Waals surface area contributed by atoms with Gasteiger partial charge in [-0.25, -0.2) is 8.42 Å². The molecule has 0 aliphatic carbocycles. The van der Waals surface area contributed by atoms with Crippen LogP contribution < -0.4 is 14.8 Å². The van der Waals surface area contributed by atoms with Gasteiger partial charge < -0.3 is 14.8 Å². The summed E-state index contributed by atoms with van der Waals surface area (Å²) >= 11 is 6.08. The Kier molecular flexibility index (Phi) is 4.69. The van der Waals surface area contributed by atoms with Crippen LogP contribution in [0.25, 0.3) is 6.08 Å². The van der Waals surface area contributed by atoms with Gasteiger partial charge in [-0.1, -0.05) is 17.7 Å². The van der Waals surface area contributed by atoms with Gasteiger partial charge in [0.25, 0.3) is 0 Å². The van der Waals surface area contributed by atoms with E-state index < -0.39 is 15.7 Å². The number of hydrogen-bond acceptors (Lipinski definition) is 5. The highest BCUT2D eigenvalue weighted by atomic mass is 35.5. The van der Waals surface area contributed by atoms with E-state index in [0.29, 0.717) is 27.8 Å². The molecule has 6 nitrogen and oxygen atoms in total. The SMILES string of the molecule is CS(=O)(=O)c1cccc(NC(=O)/C=C/c2cc(Cl)c3c(c2)OCO3)c1. The van der Waals surface area contributed by atoms with Gasteiger partial charge in [-0.05, 0) is 42.0 Å². The molecule has 0 unspecified atom stereocenters. The van der Waals surface area contributed by atoms with Crippen LogP contribution in [0.3, 0.4) is 0 Å². The Bertz CT molecular complexity index is 969. The minimum absolute atomic E-state index is 0.111. The lowest BCUT2D eigenvalue weighted by Gasteiger charge is -2.05. The summed E-state index contributed by atoms with van der Waals surface area (Å²) in [6, 6.07) is 9.41. The van der Waals surface area contributed by atoms with Crippen LogP contribution in [0.5, 0.6) is 11.5 Å². The zero-order valence-electron chi connectivity index (χ0n) is 13.2. The molecule has 1 aliphatic rings. The fourth-order valence-electron chi connectivity index (χ4n) is 2.24. The predicted octanol–water partition coefficient (Wildman–Crippen LogP) is 3.12. The van der Waals surface area contributed by atoms with Gasteiger partial charge >= 0.3 is 0 Å². The Morgan fingerprint density at radius 3 is 2.80 bits per heavy atom. The van der Waals surface area contributed by atoms with Crippen LogP contribution >= 0.6 is 11.6 Å². The van der Waals surface area contributed by atoms with Crippen LogP contribution in [0.2, 0.25) is 5.02 Å². The average molecular weight is 380 g/mol. The number of rotatable bonds is 4. The van der Waals surface area contributed by atoms with Gasteiger partial charge in [0.05, 0.1) is 9.92 Å². The number of halogens is 1. The average Bonchev–Trinajstić information content (AvgIpc) is 3.01. The molecule has 0 bridgehead atoms. The number of nitrogens with one attached hydrogen (secondary N) is 1. The highest BCUT2D eigenvalue weighted by molar-refractivity contribution is 7.90. The molecule has 3 rings (SSSR count). The third-order valence-electron chi connectivity index (χ3n) is 3.41. The summed E-state index contributed by atoms with van der Waals surface area (Å²) in [5.41, 5.74) is 1.07. The maximum atomic E-state index is 12.0.